The molecule has 0 spiro atoms. The van der Waals surface area contributed by atoms with E-state index in [-0.39, 0.29) is 24.1 Å². The normalized spacial score (nSPS) is 27.3. The van der Waals surface area contributed by atoms with Crippen molar-refractivity contribution in [3.63, 3.8) is 0 Å². The number of carbonyl (C=O) groups is 1. The summed E-state index contributed by atoms with van der Waals surface area (Å²) in [4.78, 5) is 16.5. The number of hydrogen-bond acceptors (Lipinski definition) is 5. The molecule has 2 aliphatic rings. The van der Waals surface area contributed by atoms with E-state index >= 15 is 0 Å². The van der Waals surface area contributed by atoms with E-state index in [4.69, 9.17) is 4.74 Å². The SMILES string of the molecule is Cc1ccc(C(=O)N[C@@H]2CC[C@H]3Oc4ccccc4N[C@H]3[C@@H]2O)nc1. The van der Waals surface area contributed by atoms with Gasteiger partial charge in [-0.3, -0.25) is 9.78 Å². The van der Waals surface area contributed by atoms with E-state index in [9.17, 15) is 9.90 Å². The summed E-state index contributed by atoms with van der Waals surface area (Å²) in [6.45, 7) is 1.92. The van der Waals surface area contributed by atoms with E-state index in [1.54, 1.807) is 12.3 Å². The Balaban J connectivity index is 1.47. The maximum Gasteiger partial charge on any atom is 0.270 e. The summed E-state index contributed by atoms with van der Waals surface area (Å²) in [7, 11) is 0. The number of aromatic nitrogens is 1. The number of rotatable bonds is 2. The van der Waals surface area contributed by atoms with Crippen molar-refractivity contribution in [1.82, 2.24) is 10.3 Å². The Labute approximate surface area is 146 Å². The highest BCUT2D eigenvalue weighted by Crippen LogP contribution is 2.36. The third-order valence-electron chi connectivity index (χ3n) is 4.89. The van der Waals surface area contributed by atoms with E-state index in [0.29, 0.717) is 12.1 Å². The summed E-state index contributed by atoms with van der Waals surface area (Å²) in [6.07, 6.45) is 2.24. The number of para-hydroxylation sites is 2. The number of nitrogens with one attached hydrogen (secondary N) is 2. The van der Waals surface area contributed by atoms with Crippen LogP contribution >= 0.6 is 0 Å². The molecule has 25 heavy (non-hydrogen) atoms. The molecule has 4 atom stereocenters. The Hall–Kier alpha value is -2.60. The lowest BCUT2D eigenvalue weighted by molar-refractivity contribution is 0.00953. The summed E-state index contributed by atoms with van der Waals surface area (Å²) in [5.74, 6) is 0.543. The average Bonchev–Trinajstić information content (AvgIpc) is 2.63. The van der Waals surface area contributed by atoms with Crippen molar-refractivity contribution in [2.24, 2.45) is 0 Å². The lowest BCUT2D eigenvalue weighted by Gasteiger charge is -2.44. The van der Waals surface area contributed by atoms with Crippen LogP contribution in [0, 0.1) is 6.92 Å². The molecule has 0 saturated heterocycles. The van der Waals surface area contributed by atoms with Gasteiger partial charge in [0.25, 0.3) is 5.91 Å². The van der Waals surface area contributed by atoms with Crippen LogP contribution in [-0.2, 0) is 0 Å². The van der Waals surface area contributed by atoms with Gasteiger partial charge in [0.1, 0.15) is 17.5 Å². The van der Waals surface area contributed by atoms with Crippen molar-refractivity contribution < 1.29 is 14.6 Å². The summed E-state index contributed by atoms with van der Waals surface area (Å²) in [5, 5.41) is 17.0. The fourth-order valence-electron chi connectivity index (χ4n) is 3.51. The van der Waals surface area contributed by atoms with Crippen molar-refractivity contribution in [1.29, 1.82) is 0 Å². The minimum Gasteiger partial charge on any atom is -0.486 e. The molecule has 6 nitrogen and oxygen atoms in total. The zero-order valence-corrected chi connectivity index (χ0v) is 14.0. The van der Waals surface area contributed by atoms with Crippen molar-refractivity contribution in [3.8, 4) is 5.75 Å². The molecule has 0 unspecified atom stereocenters. The number of amides is 1. The van der Waals surface area contributed by atoms with E-state index in [0.717, 1.165) is 23.4 Å². The number of benzene rings is 1. The number of anilines is 1. The molecule has 0 bridgehead atoms. The van der Waals surface area contributed by atoms with Gasteiger partial charge in [-0.15, -0.1) is 0 Å². The van der Waals surface area contributed by atoms with Crippen LogP contribution in [0.25, 0.3) is 0 Å². The number of aryl methyl sites for hydroxylation is 1. The molecule has 1 aliphatic carbocycles. The molecule has 130 valence electrons. The van der Waals surface area contributed by atoms with Gasteiger partial charge >= 0.3 is 0 Å². The van der Waals surface area contributed by atoms with Crippen LogP contribution in [0.5, 0.6) is 5.75 Å². The van der Waals surface area contributed by atoms with Crippen LogP contribution in [0.15, 0.2) is 42.6 Å². The number of pyridine rings is 1. The van der Waals surface area contributed by atoms with Crippen LogP contribution in [0.2, 0.25) is 0 Å². The lowest BCUT2D eigenvalue weighted by Crippen LogP contribution is -2.61. The number of fused-ring (bicyclic) bond motifs is 2. The molecular weight excluding hydrogens is 318 g/mol. The van der Waals surface area contributed by atoms with Crippen molar-refractivity contribution in [2.75, 3.05) is 5.32 Å². The maximum absolute atomic E-state index is 12.4. The molecule has 2 heterocycles. The smallest absolute Gasteiger partial charge is 0.270 e. The monoisotopic (exact) mass is 339 g/mol. The predicted molar refractivity (Wildman–Crippen MR) is 93.7 cm³/mol. The first-order valence-electron chi connectivity index (χ1n) is 8.55. The van der Waals surface area contributed by atoms with Crippen LogP contribution in [0.1, 0.15) is 28.9 Å². The van der Waals surface area contributed by atoms with Crippen LogP contribution in [-0.4, -0.2) is 40.3 Å². The molecule has 0 radical (unpaired) electrons. The van der Waals surface area contributed by atoms with Crippen molar-refractivity contribution in [3.05, 3.63) is 53.9 Å². The fourth-order valence-corrected chi connectivity index (χ4v) is 3.51. The third kappa shape index (κ3) is 3.05. The molecule has 1 aromatic heterocycles. The Bertz CT molecular complexity index is 778. The van der Waals surface area contributed by atoms with Gasteiger partial charge in [-0.05, 0) is 43.5 Å². The maximum atomic E-state index is 12.4. The summed E-state index contributed by atoms with van der Waals surface area (Å²) < 4.78 is 6.01. The first-order chi connectivity index (χ1) is 12.1. The predicted octanol–water partition coefficient (Wildman–Crippen LogP) is 1.88. The molecular formula is C19H21N3O3. The van der Waals surface area contributed by atoms with E-state index < -0.39 is 6.10 Å². The number of nitrogens with zero attached hydrogens (tertiary/aromatic N) is 1. The molecule has 1 saturated carbocycles. The Morgan fingerprint density at radius 2 is 2.12 bits per heavy atom. The number of aliphatic hydroxyl groups excluding tert-OH is 1. The molecule has 1 aliphatic heterocycles. The molecule has 1 aromatic carbocycles. The van der Waals surface area contributed by atoms with Gasteiger partial charge in [0, 0.05) is 6.20 Å². The second-order valence-corrected chi connectivity index (χ2v) is 6.69. The van der Waals surface area contributed by atoms with Gasteiger partial charge in [0.2, 0.25) is 0 Å². The Kier molecular flexibility index (Phi) is 4.05. The number of hydrogen-bond donors (Lipinski definition) is 3. The van der Waals surface area contributed by atoms with Gasteiger partial charge in [0.15, 0.2) is 0 Å². The third-order valence-corrected chi connectivity index (χ3v) is 4.89. The first kappa shape index (κ1) is 15.9. The second kappa shape index (κ2) is 6.37. The molecule has 1 fully saturated rings. The Morgan fingerprint density at radius 1 is 1.28 bits per heavy atom. The Morgan fingerprint density at radius 3 is 2.92 bits per heavy atom. The quantitative estimate of drug-likeness (QED) is 0.778. The van der Waals surface area contributed by atoms with Gasteiger partial charge in [0.05, 0.1) is 23.9 Å². The highest BCUT2D eigenvalue weighted by atomic mass is 16.5. The number of aliphatic hydroxyl groups is 1. The van der Waals surface area contributed by atoms with E-state index in [1.807, 2.05) is 37.3 Å². The van der Waals surface area contributed by atoms with Gasteiger partial charge in [-0.1, -0.05) is 18.2 Å². The largest absolute Gasteiger partial charge is 0.486 e. The summed E-state index contributed by atoms with van der Waals surface area (Å²) in [5.41, 5.74) is 2.23. The van der Waals surface area contributed by atoms with E-state index in [1.165, 1.54) is 0 Å². The van der Waals surface area contributed by atoms with Crippen LogP contribution in [0.4, 0.5) is 5.69 Å². The van der Waals surface area contributed by atoms with Crippen LogP contribution < -0.4 is 15.4 Å². The lowest BCUT2D eigenvalue weighted by atomic mass is 9.84. The first-order valence-corrected chi connectivity index (χ1v) is 8.55. The molecule has 3 N–H and O–H groups in total. The standard InChI is InChI=1S/C19H21N3O3/c1-11-6-7-14(20-10-11)19(24)22-13-8-9-16-17(18(13)23)21-12-4-2-3-5-15(12)25-16/h2-7,10,13,16-18,21,23H,8-9H2,1H3,(H,22,24)/t13-,16-,17-,18-/m1/s1. The number of carbonyl (C=O) groups excluding carboxylic acids is 1. The second-order valence-electron chi connectivity index (χ2n) is 6.69. The summed E-state index contributed by atoms with van der Waals surface area (Å²) >= 11 is 0. The number of ether oxygens (including phenoxy) is 1. The minimum absolute atomic E-state index is 0.101. The van der Waals surface area contributed by atoms with Gasteiger partial charge < -0.3 is 20.5 Å². The highest BCUT2D eigenvalue weighted by Gasteiger charge is 2.43. The van der Waals surface area contributed by atoms with Crippen molar-refractivity contribution >= 4 is 11.6 Å². The zero-order chi connectivity index (χ0) is 17.4. The minimum atomic E-state index is -0.735. The average molecular weight is 339 g/mol. The van der Waals surface area contributed by atoms with Gasteiger partial charge in [-0.2, -0.15) is 0 Å². The molecule has 1 amide bonds. The van der Waals surface area contributed by atoms with Crippen molar-refractivity contribution in [2.45, 2.75) is 44.1 Å². The highest BCUT2D eigenvalue weighted by molar-refractivity contribution is 5.92. The summed E-state index contributed by atoms with van der Waals surface area (Å²) in [6, 6.07) is 10.7. The molecule has 4 rings (SSSR count). The van der Waals surface area contributed by atoms with E-state index in [2.05, 4.69) is 15.6 Å². The zero-order valence-electron chi connectivity index (χ0n) is 14.0. The fraction of sp³-hybridized carbons (Fsp3) is 0.368. The van der Waals surface area contributed by atoms with Crippen LogP contribution in [0.3, 0.4) is 0 Å². The van der Waals surface area contributed by atoms with Gasteiger partial charge in [-0.25, -0.2) is 0 Å². The topological polar surface area (TPSA) is 83.5 Å². The molecule has 2 aromatic rings. The molecule has 6 heteroatoms.